The minimum atomic E-state index is 0.0635. The molecule has 1 aromatic heterocycles. The van der Waals surface area contributed by atoms with Crippen molar-refractivity contribution in [1.29, 1.82) is 0 Å². The molecule has 0 aliphatic rings. The number of aromatic nitrogens is 3. The zero-order valence-corrected chi connectivity index (χ0v) is 20.8. The highest BCUT2D eigenvalue weighted by atomic mass is 32.2. The van der Waals surface area contributed by atoms with Gasteiger partial charge in [-0.05, 0) is 23.6 Å². The molecule has 0 bridgehead atoms. The highest BCUT2D eigenvalue weighted by molar-refractivity contribution is 7.99. The number of rotatable bonds is 12. The molecule has 7 heteroatoms. The first-order valence-corrected chi connectivity index (χ1v) is 12.6. The van der Waals surface area contributed by atoms with Crippen LogP contribution in [0.5, 0.6) is 5.75 Å². The monoisotopic (exact) mass is 487 g/mol. The van der Waals surface area contributed by atoms with Gasteiger partial charge in [0, 0.05) is 24.8 Å². The molecule has 4 aromatic rings. The minimum absolute atomic E-state index is 0.0635. The molecule has 0 N–H and O–H groups in total. The number of nitrogens with zero attached hydrogens (tertiary/aromatic N) is 3. The number of thioether (sulfide) groups is 1. The molecule has 0 atom stereocenters. The Hall–Kier alpha value is -3.42. The highest BCUT2D eigenvalue weighted by Crippen LogP contribution is 2.30. The minimum Gasteiger partial charge on any atom is -0.485 e. The Morgan fingerprint density at radius 2 is 1.69 bits per heavy atom. The van der Waals surface area contributed by atoms with Gasteiger partial charge in [0.2, 0.25) is 0 Å². The first-order valence-electron chi connectivity index (χ1n) is 11.6. The van der Waals surface area contributed by atoms with E-state index in [2.05, 4.69) is 29.3 Å². The normalized spacial score (nSPS) is 10.9. The second-order valence-electron chi connectivity index (χ2n) is 7.96. The lowest BCUT2D eigenvalue weighted by Gasteiger charge is -2.13. The van der Waals surface area contributed by atoms with Crippen molar-refractivity contribution in [2.24, 2.45) is 0 Å². The maximum Gasteiger partial charge on any atom is 0.191 e. The SMILES string of the molecule is CCc1ccc(C(=O)CSc2nnc(COc3ccccc3-c3ccccc3)n2CCOC)cc1. The Morgan fingerprint density at radius 1 is 0.943 bits per heavy atom. The van der Waals surface area contributed by atoms with Crippen LogP contribution in [0.3, 0.4) is 0 Å². The fourth-order valence-electron chi connectivity index (χ4n) is 3.67. The number of Topliss-reactive ketones (excluding diaryl/α,β-unsaturated/α-hetero) is 1. The van der Waals surface area contributed by atoms with Gasteiger partial charge in [0.1, 0.15) is 12.4 Å². The van der Waals surface area contributed by atoms with Crippen molar-refractivity contribution in [2.75, 3.05) is 19.5 Å². The molecular weight excluding hydrogens is 458 g/mol. The zero-order valence-electron chi connectivity index (χ0n) is 20.0. The molecule has 1 heterocycles. The average molecular weight is 488 g/mol. The first kappa shape index (κ1) is 24.7. The van der Waals surface area contributed by atoms with Gasteiger partial charge in [-0.1, -0.05) is 91.5 Å². The Labute approximate surface area is 210 Å². The molecule has 3 aromatic carbocycles. The van der Waals surface area contributed by atoms with Crippen molar-refractivity contribution < 1.29 is 14.3 Å². The predicted octanol–water partition coefficient (Wildman–Crippen LogP) is 5.71. The molecule has 0 amide bonds. The van der Waals surface area contributed by atoms with Crippen LogP contribution >= 0.6 is 11.8 Å². The van der Waals surface area contributed by atoms with Gasteiger partial charge in [0.05, 0.1) is 12.4 Å². The smallest absolute Gasteiger partial charge is 0.191 e. The maximum absolute atomic E-state index is 12.7. The maximum atomic E-state index is 12.7. The van der Waals surface area contributed by atoms with Crippen LogP contribution in [0.25, 0.3) is 11.1 Å². The Balaban J connectivity index is 1.46. The number of ether oxygens (including phenoxy) is 2. The van der Waals surface area contributed by atoms with Crippen molar-refractivity contribution in [3.05, 3.63) is 95.8 Å². The van der Waals surface area contributed by atoms with Crippen LogP contribution in [-0.2, 0) is 24.3 Å². The van der Waals surface area contributed by atoms with Gasteiger partial charge in [-0.25, -0.2) is 0 Å². The fraction of sp³-hybridized carbons (Fsp3) is 0.250. The summed E-state index contributed by atoms with van der Waals surface area (Å²) in [5.74, 6) is 1.81. The molecule has 0 radical (unpaired) electrons. The number of ketones is 1. The van der Waals surface area contributed by atoms with E-state index in [1.807, 2.05) is 71.3 Å². The number of para-hydroxylation sites is 1. The molecular formula is C28H29N3O3S. The number of carbonyl (C=O) groups excluding carboxylic acids is 1. The summed E-state index contributed by atoms with van der Waals surface area (Å²) in [5.41, 5.74) is 4.03. The van der Waals surface area contributed by atoms with Gasteiger partial charge in [-0.3, -0.25) is 4.79 Å². The molecule has 0 aliphatic heterocycles. The predicted molar refractivity (Wildman–Crippen MR) is 139 cm³/mol. The van der Waals surface area contributed by atoms with Crippen LogP contribution in [0.1, 0.15) is 28.7 Å². The van der Waals surface area contributed by atoms with Crippen molar-refractivity contribution in [2.45, 2.75) is 31.7 Å². The van der Waals surface area contributed by atoms with Crippen LogP contribution in [0.4, 0.5) is 0 Å². The van der Waals surface area contributed by atoms with E-state index in [9.17, 15) is 4.79 Å². The van der Waals surface area contributed by atoms with Gasteiger partial charge >= 0.3 is 0 Å². The van der Waals surface area contributed by atoms with Crippen LogP contribution in [0.15, 0.2) is 84.0 Å². The molecule has 0 spiro atoms. The lowest BCUT2D eigenvalue weighted by Crippen LogP contribution is -2.12. The molecule has 35 heavy (non-hydrogen) atoms. The van der Waals surface area contributed by atoms with Crippen LogP contribution < -0.4 is 4.74 Å². The summed E-state index contributed by atoms with van der Waals surface area (Å²) in [4.78, 5) is 12.7. The van der Waals surface area contributed by atoms with Crippen molar-refractivity contribution in [3.63, 3.8) is 0 Å². The van der Waals surface area contributed by atoms with E-state index in [0.717, 1.165) is 23.3 Å². The number of hydrogen-bond acceptors (Lipinski definition) is 6. The third-order valence-corrected chi connectivity index (χ3v) is 6.62. The highest BCUT2D eigenvalue weighted by Gasteiger charge is 2.16. The van der Waals surface area contributed by atoms with Crippen molar-refractivity contribution >= 4 is 17.5 Å². The summed E-state index contributed by atoms with van der Waals surface area (Å²) in [5, 5.41) is 9.38. The molecule has 0 aliphatic carbocycles. The Bertz CT molecular complexity index is 1240. The number of benzene rings is 3. The Kier molecular flexibility index (Phi) is 8.70. The molecule has 0 saturated heterocycles. The van der Waals surface area contributed by atoms with Gasteiger partial charge in [-0.2, -0.15) is 0 Å². The van der Waals surface area contributed by atoms with Crippen molar-refractivity contribution in [1.82, 2.24) is 14.8 Å². The van der Waals surface area contributed by atoms with E-state index < -0.39 is 0 Å². The van der Waals surface area contributed by atoms with Gasteiger partial charge in [0.25, 0.3) is 0 Å². The standard InChI is InChI=1S/C28H29N3O3S/c1-3-21-13-15-23(16-14-21)25(32)20-35-28-30-29-27(31(28)17-18-33-2)19-34-26-12-8-7-11-24(26)22-9-5-4-6-10-22/h4-16H,3,17-20H2,1-2H3. The number of carbonyl (C=O) groups is 1. The summed E-state index contributed by atoms with van der Waals surface area (Å²) in [7, 11) is 1.66. The summed E-state index contributed by atoms with van der Waals surface area (Å²) in [6.45, 7) is 3.44. The topological polar surface area (TPSA) is 66.2 Å². The van der Waals surface area contributed by atoms with Crippen LogP contribution in [-0.4, -0.2) is 40.0 Å². The van der Waals surface area contributed by atoms with E-state index in [1.54, 1.807) is 7.11 Å². The third kappa shape index (κ3) is 6.38. The average Bonchev–Trinajstić information content (AvgIpc) is 3.31. The van der Waals surface area contributed by atoms with Gasteiger partial charge < -0.3 is 14.0 Å². The first-order chi connectivity index (χ1) is 17.2. The van der Waals surface area contributed by atoms with Gasteiger partial charge in [0.15, 0.2) is 16.8 Å². The van der Waals surface area contributed by atoms with E-state index >= 15 is 0 Å². The molecule has 180 valence electrons. The van der Waals surface area contributed by atoms with Crippen molar-refractivity contribution in [3.8, 4) is 16.9 Å². The molecule has 4 rings (SSSR count). The Morgan fingerprint density at radius 3 is 2.43 bits per heavy atom. The third-order valence-electron chi connectivity index (χ3n) is 5.66. The summed E-state index contributed by atoms with van der Waals surface area (Å²) >= 11 is 1.38. The lowest BCUT2D eigenvalue weighted by molar-refractivity contribution is 0.102. The largest absolute Gasteiger partial charge is 0.485 e. The molecule has 6 nitrogen and oxygen atoms in total. The molecule has 0 saturated carbocycles. The van der Waals surface area contributed by atoms with Crippen LogP contribution in [0, 0.1) is 0 Å². The summed E-state index contributed by atoms with van der Waals surface area (Å²) in [6.07, 6.45) is 0.951. The fourth-order valence-corrected chi connectivity index (χ4v) is 4.55. The second-order valence-corrected chi connectivity index (χ2v) is 8.90. The number of hydrogen-bond donors (Lipinski definition) is 0. The van der Waals surface area contributed by atoms with E-state index in [1.165, 1.54) is 17.3 Å². The molecule has 0 unspecified atom stereocenters. The lowest BCUT2D eigenvalue weighted by atomic mass is 10.1. The van der Waals surface area contributed by atoms with Gasteiger partial charge in [-0.15, -0.1) is 10.2 Å². The van der Waals surface area contributed by atoms with E-state index in [4.69, 9.17) is 9.47 Å². The summed E-state index contributed by atoms with van der Waals surface area (Å²) in [6, 6.07) is 25.9. The van der Waals surface area contributed by atoms with Crippen LogP contribution in [0.2, 0.25) is 0 Å². The summed E-state index contributed by atoms with van der Waals surface area (Å²) < 4.78 is 13.4. The van der Waals surface area contributed by atoms with E-state index in [0.29, 0.717) is 29.7 Å². The zero-order chi connectivity index (χ0) is 24.5. The second kappa shape index (κ2) is 12.3. The quantitative estimate of drug-likeness (QED) is 0.188. The number of aryl methyl sites for hydroxylation is 1. The molecule has 0 fully saturated rings. The number of methoxy groups -OCH3 is 1. The van der Waals surface area contributed by atoms with E-state index in [-0.39, 0.29) is 18.1 Å².